The van der Waals surface area contributed by atoms with E-state index in [0.717, 1.165) is 17.0 Å². The Balaban J connectivity index is 1.60. The number of nitrogens with one attached hydrogen (secondary N) is 1. The van der Waals surface area contributed by atoms with Gasteiger partial charge in [0.25, 0.3) is 0 Å². The number of hydrogen-bond acceptors (Lipinski definition) is 6. The average Bonchev–Trinajstić information content (AvgIpc) is 3.38. The van der Waals surface area contributed by atoms with Gasteiger partial charge in [-0.25, -0.2) is 13.8 Å². The van der Waals surface area contributed by atoms with Crippen LogP contribution in [0.3, 0.4) is 0 Å². The molecule has 0 spiro atoms. The van der Waals surface area contributed by atoms with Crippen molar-refractivity contribution in [1.82, 2.24) is 10.3 Å². The third kappa shape index (κ3) is 5.47. The third-order valence-electron chi connectivity index (χ3n) is 4.14. The van der Waals surface area contributed by atoms with Gasteiger partial charge in [-0.15, -0.1) is 11.3 Å². The van der Waals surface area contributed by atoms with Crippen molar-refractivity contribution in [2.75, 3.05) is 7.11 Å². The van der Waals surface area contributed by atoms with Gasteiger partial charge in [0.2, 0.25) is 5.91 Å². The molecule has 1 aromatic carbocycles. The summed E-state index contributed by atoms with van der Waals surface area (Å²) in [6.07, 6.45) is 1.60. The van der Waals surface area contributed by atoms with E-state index in [1.54, 1.807) is 0 Å². The minimum atomic E-state index is -0.757. The Hall–Kier alpha value is -3.07. The van der Waals surface area contributed by atoms with E-state index in [2.05, 4.69) is 15.0 Å². The van der Waals surface area contributed by atoms with E-state index in [9.17, 15) is 18.4 Å². The van der Waals surface area contributed by atoms with E-state index in [1.807, 2.05) is 17.5 Å². The summed E-state index contributed by atoms with van der Waals surface area (Å²) in [6.45, 7) is 0. The smallest absolute Gasteiger partial charge is 0.307 e. The van der Waals surface area contributed by atoms with Crippen LogP contribution in [-0.2, 0) is 20.7 Å². The Morgan fingerprint density at radius 2 is 2.14 bits per heavy atom. The number of aromatic nitrogens is 1. The molecule has 0 saturated heterocycles. The molecule has 1 amide bonds. The van der Waals surface area contributed by atoms with Crippen LogP contribution in [0.4, 0.5) is 8.78 Å². The van der Waals surface area contributed by atoms with Crippen molar-refractivity contribution in [1.29, 1.82) is 0 Å². The number of aryl methyl sites for hydroxylation is 1. The average molecular weight is 420 g/mol. The second kappa shape index (κ2) is 9.42. The molecule has 0 radical (unpaired) electrons. The van der Waals surface area contributed by atoms with Crippen LogP contribution in [0.1, 0.15) is 29.7 Å². The minimum Gasteiger partial charge on any atom is -0.469 e. The maximum atomic E-state index is 13.8. The van der Waals surface area contributed by atoms with Crippen molar-refractivity contribution in [2.45, 2.75) is 25.3 Å². The SMILES string of the molecule is COC(=O)CC(NC(=O)CCc1ncc(-c2ccc(F)cc2F)o1)c1cccs1. The number of halogens is 2. The van der Waals surface area contributed by atoms with Gasteiger partial charge in [-0.1, -0.05) is 6.07 Å². The summed E-state index contributed by atoms with van der Waals surface area (Å²) in [4.78, 5) is 28.8. The lowest BCUT2D eigenvalue weighted by Gasteiger charge is -2.16. The van der Waals surface area contributed by atoms with Gasteiger partial charge in [-0.2, -0.15) is 0 Å². The number of hydrogen-bond donors (Lipinski definition) is 1. The summed E-state index contributed by atoms with van der Waals surface area (Å²) in [5.41, 5.74) is 0.0884. The number of methoxy groups -OCH3 is 1. The zero-order valence-corrected chi connectivity index (χ0v) is 16.3. The van der Waals surface area contributed by atoms with Crippen molar-refractivity contribution in [3.63, 3.8) is 0 Å². The molecule has 0 saturated carbocycles. The molecule has 0 fully saturated rings. The van der Waals surface area contributed by atoms with E-state index >= 15 is 0 Å². The predicted octanol–water partition coefficient (Wildman–Crippen LogP) is 4.03. The van der Waals surface area contributed by atoms with E-state index in [-0.39, 0.29) is 42.4 Å². The molecular formula is C20H18F2N2O4S. The van der Waals surface area contributed by atoms with Gasteiger partial charge < -0.3 is 14.5 Å². The van der Waals surface area contributed by atoms with Crippen LogP contribution in [0.25, 0.3) is 11.3 Å². The number of nitrogens with zero attached hydrogens (tertiary/aromatic N) is 1. The lowest BCUT2D eigenvalue weighted by atomic mass is 10.1. The number of thiophene rings is 1. The first-order valence-electron chi connectivity index (χ1n) is 8.76. The Labute approximate surface area is 169 Å². The normalized spacial score (nSPS) is 11.8. The van der Waals surface area contributed by atoms with Gasteiger partial charge in [-0.05, 0) is 23.6 Å². The zero-order valence-electron chi connectivity index (χ0n) is 15.5. The summed E-state index contributed by atoms with van der Waals surface area (Å²) in [5.74, 6) is -1.76. The van der Waals surface area contributed by atoms with Crippen LogP contribution in [0.2, 0.25) is 0 Å². The molecule has 0 aliphatic carbocycles. The number of esters is 1. The summed E-state index contributed by atoms with van der Waals surface area (Å²) < 4.78 is 37.0. The summed E-state index contributed by atoms with van der Waals surface area (Å²) in [5, 5.41) is 4.66. The molecule has 152 valence electrons. The molecule has 9 heteroatoms. The summed E-state index contributed by atoms with van der Waals surface area (Å²) >= 11 is 1.43. The summed E-state index contributed by atoms with van der Waals surface area (Å²) in [6, 6.07) is 6.33. The maximum absolute atomic E-state index is 13.8. The van der Waals surface area contributed by atoms with Crippen LogP contribution in [-0.4, -0.2) is 24.0 Å². The van der Waals surface area contributed by atoms with Gasteiger partial charge >= 0.3 is 5.97 Å². The van der Waals surface area contributed by atoms with Gasteiger partial charge in [0.15, 0.2) is 11.7 Å². The van der Waals surface area contributed by atoms with Crippen molar-refractivity contribution in [3.05, 3.63) is 64.3 Å². The molecule has 1 unspecified atom stereocenters. The van der Waals surface area contributed by atoms with Gasteiger partial charge in [-0.3, -0.25) is 9.59 Å². The molecule has 2 heterocycles. The van der Waals surface area contributed by atoms with Crippen molar-refractivity contribution in [2.24, 2.45) is 0 Å². The fourth-order valence-corrected chi connectivity index (χ4v) is 3.47. The Bertz CT molecular complexity index is 988. The molecule has 3 rings (SSSR count). The lowest BCUT2D eigenvalue weighted by Crippen LogP contribution is -2.30. The molecule has 0 aliphatic heterocycles. The minimum absolute atomic E-state index is 0.0236. The number of ether oxygens (including phenoxy) is 1. The van der Waals surface area contributed by atoms with Crippen molar-refractivity contribution < 1.29 is 27.5 Å². The standard InChI is InChI=1S/C20H18F2N2O4S/c1-27-20(26)10-15(17-3-2-8-29-17)24-18(25)6-7-19-23-11-16(28-19)13-5-4-12(21)9-14(13)22/h2-5,8-9,11,15H,6-7,10H2,1H3,(H,24,25). The van der Waals surface area contributed by atoms with E-state index in [4.69, 9.17) is 4.42 Å². The fourth-order valence-electron chi connectivity index (χ4n) is 2.69. The number of amides is 1. The van der Waals surface area contributed by atoms with Crippen LogP contribution in [0, 0.1) is 11.6 Å². The highest BCUT2D eigenvalue weighted by molar-refractivity contribution is 7.10. The Morgan fingerprint density at radius 3 is 2.83 bits per heavy atom. The second-order valence-corrected chi connectivity index (χ2v) is 7.14. The molecule has 3 aromatic rings. The first-order valence-corrected chi connectivity index (χ1v) is 9.64. The van der Waals surface area contributed by atoms with Gasteiger partial charge in [0.1, 0.15) is 11.6 Å². The lowest BCUT2D eigenvalue weighted by molar-refractivity contribution is -0.141. The topological polar surface area (TPSA) is 81.4 Å². The van der Waals surface area contributed by atoms with Crippen molar-refractivity contribution in [3.8, 4) is 11.3 Å². The molecule has 0 aliphatic rings. The zero-order chi connectivity index (χ0) is 20.8. The van der Waals surface area contributed by atoms with Crippen LogP contribution >= 0.6 is 11.3 Å². The molecule has 6 nitrogen and oxygen atoms in total. The molecular weight excluding hydrogens is 402 g/mol. The Kier molecular flexibility index (Phi) is 6.71. The highest BCUT2D eigenvalue weighted by Crippen LogP contribution is 2.25. The quantitative estimate of drug-likeness (QED) is 0.557. The molecule has 2 aromatic heterocycles. The number of oxazole rings is 1. The van der Waals surface area contributed by atoms with E-state index in [0.29, 0.717) is 0 Å². The Morgan fingerprint density at radius 1 is 1.31 bits per heavy atom. The first kappa shape index (κ1) is 20.7. The first-order chi connectivity index (χ1) is 14.0. The number of carbonyl (C=O) groups is 2. The molecule has 1 N–H and O–H groups in total. The maximum Gasteiger partial charge on any atom is 0.307 e. The van der Waals surface area contributed by atoms with Gasteiger partial charge in [0.05, 0.1) is 31.3 Å². The largest absolute Gasteiger partial charge is 0.469 e. The number of benzene rings is 1. The number of rotatable bonds is 8. The van der Waals surface area contributed by atoms with Crippen LogP contribution in [0.5, 0.6) is 0 Å². The van der Waals surface area contributed by atoms with Crippen molar-refractivity contribution >= 4 is 23.2 Å². The fraction of sp³-hybridized carbons (Fsp3) is 0.250. The molecule has 29 heavy (non-hydrogen) atoms. The van der Waals surface area contributed by atoms with Crippen LogP contribution in [0.15, 0.2) is 46.3 Å². The third-order valence-corrected chi connectivity index (χ3v) is 5.12. The van der Waals surface area contributed by atoms with E-state index < -0.39 is 23.6 Å². The molecule has 0 bridgehead atoms. The van der Waals surface area contributed by atoms with E-state index in [1.165, 1.54) is 30.7 Å². The monoisotopic (exact) mass is 420 g/mol. The summed E-state index contributed by atoms with van der Waals surface area (Å²) in [7, 11) is 1.29. The predicted molar refractivity (Wildman–Crippen MR) is 102 cm³/mol. The number of carbonyl (C=O) groups excluding carboxylic acids is 2. The highest BCUT2D eigenvalue weighted by atomic mass is 32.1. The molecule has 1 atom stereocenters. The second-order valence-electron chi connectivity index (χ2n) is 6.16. The van der Waals surface area contributed by atoms with Crippen LogP contribution < -0.4 is 5.32 Å². The van der Waals surface area contributed by atoms with Gasteiger partial charge in [0, 0.05) is 23.8 Å². The highest BCUT2D eigenvalue weighted by Gasteiger charge is 2.20.